The van der Waals surface area contributed by atoms with Gasteiger partial charge in [0.25, 0.3) is 5.91 Å². The van der Waals surface area contributed by atoms with Gasteiger partial charge in [0.05, 0.1) is 18.7 Å². The van der Waals surface area contributed by atoms with Crippen LogP contribution in [0.15, 0.2) is 60.0 Å². The maximum atomic E-state index is 12.8. The van der Waals surface area contributed by atoms with Gasteiger partial charge in [-0.2, -0.15) is 0 Å². The van der Waals surface area contributed by atoms with Crippen LogP contribution in [0.25, 0.3) is 10.9 Å². The Morgan fingerprint density at radius 3 is 2.70 bits per heavy atom. The van der Waals surface area contributed by atoms with Gasteiger partial charge in [-0.1, -0.05) is 12.1 Å². The summed E-state index contributed by atoms with van der Waals surface area (Å²) in [6, 6.07) is 11.4. The number of hydrogen-bond acceptors (Lipinski definition) is 5. The minimum atomic E-state index is -0.748. The molecule has 3 N–H and O–H groups in total. The molecular weight excluding hydrogens is 384 g/mol. The fourth-order valence-corrected chi connectivity index (χ4v) is 4.02. The van der Waals surface area contributed by atoms with Gasteiger partial charge in [0.2, 0.25) is 0 Å². The second kappa shape index (κ2) is 7.59. The first-order valence-corrected chi connectivity index (χ1v) is 9.58. The molecule has 4 rings (SSSR count). The number of aromatic amines is 1. The molecular formula is C23H22N2O5. The number of aromatic hydroxyl groups is 1. The maximum absolute atomic E-state index is 12.8. The molecule has 1 aromatic heterocycles. The van der Waals surface area contributed by atoms with Crippen LogP contribution in [0.5, 0.6) is 11.5 Å². The van der Waals surface area contributed by atoms with Crippen molar-refractivity contribution in [1.82, 2.24) is 9.88 Å². The van der Waals surface area contributed by atoms with Crippen molar-refractivity contribution in [2.75, 3.05) is 13.7 Å². The highest BCUT2D eigenvalue weighted by Gasteiger charge is 2.42. The Hall–Kier alpha value is -3.74. The number of fused-ring (bicyclic) bond motifs is 1. The number of carbonyl (C=O) groups excluding carboxylic acids is 2. The topological polar surface area (TPSA) is 103 Å². The summed E-state index contributed by atoms with van der Waals surface area (Å²) in [5.41, 5.74) is 2.56. The number of nitrogens with zero attached hydrogens (tertiary/aromatic N) is 1. The lowest BCUT2D eigenvalue weighted by Gasteiger charge is -2.26. The molecule has 2 heterocycles. The Bertz CT molecular complexity index is 1180. The number of methoxy groups -OCH3 is 1. The summed E-state index contributed by atoms with van der Waals surface area (Å²) in [5.74, 6) is -0.745. The number of phenolic OH excluding ortho intramolecular Hbond substituents is 1. The first-order chi connectivity index (χ1) is 14.4. The molecule has 0 saturated carbocycles. The van der Waals surface area contributed by atoms with E-state index in [-0.39, 0.29) is 23.7 Å². The number of aromatic nitrogens is 1. The first-order valence-electron chi connectivity index (χ1n) is 9.58. The van der Waals surface area contributed by atoms with E-state index in [1.807, 2.05) is 24.4 Å². The van der Waals surface area contributed by atoms with Gasteiger partial charge in [-0.15, -0.1) is 0 Å². The number of aliphatic hydroxyl groups is 1. The number of benzene rings is 2. The zero-order valence-electron chi connectivity index (χ0n) is 16.7. The molecule has 0 fully saturated rings. The molecule has 0 unspecified atom stereocenters. The van der Waals surface area contributed by atoms with Crippen LogP contribution in [0, 0.1) is 0 Å². The molecule has 0 radical (unpaired) electrons. The molecule has 1 aliphatic rings. The molecule has 154 valence electrons. The highest BCUT2D eigenvalue weighted by Crippen LogP contribution is 2.38. The van der Waals surface area contributed by atoms with E-state index < -0.39 is 17.7 Å². The van der Waals surface area contributed by atoms with Crippen LogP contribution < -0.4 is 4.74 Å². The van der Waals surface area contributed by atoms with E-state index in [0.29, 0.717) is 12.0 Å². The fraction of sp³-hybridized carbons (Fsp3) is 0.217. The minimum Gasteiger partial charge on any atom is -0.508 e. The number of aliphatic hydroxyl groups excluding tert-OH is 1. The number of carbonyl (C=O) groups is 2. The predicted molar refractivity (Wildman–Crippen MR) is 111 cm³/mol. The van der Waals surface area contributed by atoms with Crippen molar-refractivity contribution in [1.29, 1.82) is 0 Å². The Kier molecular flexibility index (Phi) is 4.95. The van der Waals surface area contributed by atoms with Crippen LogP contribution in [0.2, 0.25) is 0 Å². The van der Waals surface area contributed by atoms with Gasteiger partial charge in [-0.25, -0.2) is 0 Å². The highest BCUT2D eigenvalue weighted by molar-refractivity contribution is 6.08. The number of ketones is 1. The third-order valence-corrected chi connectivity index (χ3v) is 5.47. The van der Waals surface area contributed by atoms with Gasteiger partial charge < -0.3 is 24.8 Å². The van der Waals surface area contributed by atoms with E-state index in [9.17, 15) is 19.8 Å². The van der Waals surface area contributed by atoms with Crippen molar-refractivity contribution >= 4 is 22.6 Å². The molecule has 7 heteroatoms. The van der Waals surface area contributed by atoms with Crippen LogP contribution in [0.4, 0.5) is 0 Å². The van der Waals surface area contributed by atoms with Crippen molar-refractivity contribution in [2.24, 2.45) is 0 Å². The number of amides is 1. The lowest BCUT2D eigenvalue weighted by molar-refractivity contribution is -0.129. The molecule has 1 amide bonds. The Morgan fingerprint density at radius 1 is 1.20 bits per heavy atom. The van der Waals surface area contributed by atoms with E-state index in [0.717, 1.165) is 22.2 Å². The first kappa shape index (κ1) is 19.6. The monoisotopic (exact) mass is 406 g/mol. The van der Waals surface area contributed by atoms with Gasteiger partial charge in [0, 0.05) is 23.6 Å². The lowest BCUT2D eigenvalue weighted by Crippen LogP contribution is -2.32. The van der Waals surface area contributed by atoms with Gasteiger partial charge in [-0.3, -0.25) is 9.59 Å². The average molecular weight is 406 g/mol. The molecule has 1 atom stereocenters. The van der Waals surface area contributed by atoms with Gasteiger partial charge in [0.15, 0.2) is 11.5 Å². The van der Waals surface area contributed by atoms with E-state index in [2.05, 4.69) is 4.98 Å². The summed E-state index contributed by atoms with van der Waals surface area (Å²) < 4.78 is 5.30. The van der Waals surface area contributed by atoms with Crippen molar-refractivity contribution in [3.63, 3.8) is 0 Å². The number of Topliss-reactive ketones (excluding diaryl/α,β-unsaturated/α-hetero) is 1. The molecule has 30 heavy (non-hydrogen) atoms. The molecule has 3 aromatic rings. The smallest absolute Gasteiger partial charge is 0.290 e. The second-order valence-electron chi connectivity index (χ2n) is 7.29. The summed E-state index contributed by atoms with van der Waals surface area (Å²) in [5, 5.41) is 21.2. The fourth-order valence-electron chi connectivity index (χ4n) is 4.02. The molecule has 2 aromatic carbocycles. The van der Waals surface area contributed by atoms with Gasteiger partial charge in [0.1, 0.15) is 11.5 Å². The number of H-pyrrole nitrogens is 1. The number of rotatable bonds is 6. The van der Waals surface area contributed by atoms with E-state index in [1.165, 1.54) is 24.0 Å². The van der Waals surface area contributed by atoms with Crippen LogP contribution in [0.1, 0.15) is 24.1 Å². The zero-order valence-corrected chi connectivity index (χ0v) is 16.7. The summed E-state index contributed by atoms with van der Waals surface area (Å²) in [4.78, 5) is 29.7. The summed E-state index contributed by atoms with van der Waals surface area (Å²) in [7, 11) is 1.61. The standard InChI is InChI=1S/C23H22N2O5/c1-13(26)20-21(14-4-3-5-16(27)10-14)25(23(29)22(20)28)9-8-15-12-24-19-7-6-17(30-2)11-18(15)19/h3-7,10-12,21,24,27-28H,8-9H2,1-2H3/t21-/m1/s1. The predicted octanol–water partition coefficient (Wildman–Crippen LogP) is 3.41. The number of nitrogens with one attached hydrogen (secondary N) is 1. The normalized spacial score (nSPS) is 16.5. The van der Waals surface area contributed by atoms with Crippen molar-refractivity contribution in [3.8, 4) is 11.5 Å². The third-order valence-electron chi connectivity index (χ3n) is 5.47. The SMILES string of the molecule is COc1ccc2[nH]cc(CCN3C(=O)C(O)=C(C(C)=O)[C@H]3c3cccc(O)c3)c2c1. The molecule has 1 aliphatic heterocycles. The zero-order chi connectivity index (χ0) is 21.4. The molecule has 0 spiro atoms. The number of hydrogen-bond donors (Lipinski definition) is 3. The summed E-state index contributed by atoms with van der Waals surface area (Å²) >= 11 is 0. The average Bonchev–Trinajstić information content (AvgIpc) is 3.24. The molecule has 7 nitrogen and oxygen atoms in total. The molecule has 0 saturated heterocycles. The van der Waals surface area contributed by atoms with E-state index in [1.54, 1.807) is 19.2 Å². The third kappa shape index (κ3) is 3.28. The minimum absolute atomic E-state index is 0.0258. The highest BCUT2D eigenvalue weighted by atomic mass is 16.5. The summed E-state index contributed by atoms with van der Waals surface area (Å²) in [6.45, 7) is 1.61. The Morgan fingerprint density at radius 2 is 2.00 bits per heavy atom. The van der Waals surface area contributed by atoms with Crippen molar-refractivity contribution in [2.45, 2.75) is 19.4 Å². The summed E-state index contributed by atoms with van der Waals surface area (Å²) in [6.07, 6.45) is 2.39. The van der Waals surface area contributed by atoms with Gasteiger partial charge >= 0.3 is 0 Å². The van der Waals surface area contributed by atoms with Crippen LogP contribution in [-0.2, 0) is 16.0 Å². The van der Waals surface area contributed by atoms with Crippen LogP contribution >= 0.6 is 0 Å². The molecule has 0 bridgehead atoms. The quantitative estimate of drug-likeness (QED) is 0.582. The van der Waals surface area contributed by atoms with Crippen molar-refractivity contribution < 1.29 is 24.5 Å². The maximum Gasteiger partial charge on any atom is 0.290 e. The Balaban J connectivity index is 1.67. The van der Waals surface area contributed by atoms with Gasteiger partial charge in [-0.05, 0) is 54.8 Å². The van der Waals surface area contributed by atoms with E-state index >= 15 is 0 Å². The number of ether oxygens (including phenoxy) is 1. The largest absolute Gasteiger partial charge is 0.508 e. The molecule has 0 aliphatic carbocycles. The number of phenols is 1. The van der Waals surface area contributed by atoms with Crippen LogP contribution in [0.3, 0.4) is 0 Å². The lowest BCUT2D eigenvalue weighted by atomic mass is 9.96. The van der Waals surface area contributed by atoms with Crippen LogP contribution in [-0.4, -0.2) is 45.4 Å². The van der Waals surface area contributed by atoms with Crippen molar-refractivity contribution in [3.05, 3.63) is 71.1 Å². The van der Waals surface area contributed by atoms with E-state index in [4.69, 9.17) is 4.74 Å². The second-order valence-corrected chi connectivity index (χ2v) is 7.29. The Labute approximate surface area is 173 Å².